The summed E-state index contributed by atoms with van der Waals surface area (Å²) in [5, 5.41) is 5.66. The predicted octanol–water partition coefficient (Wildman–Crippen LogP) is 4.91. The normalized spacial score (nSPS) is 10.4. The van der Waals surface area contributed by atoms with E-state index in [-0.39, 0.29) is 5.91 Å². The Bertz CT molecular complexity index is 1210. The number of esters is 1. The van der Waals surface area contributed by atoms with Crippen LogP contribution in [0.5, 0.6) is 0 Å². The van der Waals surface area contributed by atoms with Gasteiger partial charge in [0.15, 0.2) is 0 Å². The number of ether oxygens (including phenoxy) is 1. The lowest BCUT2D eigenvalue weighted by Gasteiger charge is -2.08. The van der Waals surface area contributed by atoms with Gasteiger partial charge in [-0.1, -0.05) is 24.3 Å². The molecule has 7 heteroatoms. The molecule has 30 heavy (non-hydrogen) atoms. The molecule has 0 fully saturated rings. The number of nitrogens with one attached hydrogen (secondary N) is 1. The maximum Gasteiger partial charge on any atom is 0.337 e. The molecule has 0 radical (unpaired) electrons. The molecule has 1 amide bonds. The lowest BCUT2D eigenvalue weighted by Crippen LogP contribution is -2.13. The van der Waals surface area contributed by atoms with Gasteiger partial charge in [0.2, 0.25) is 0 Å². The Balaban J connectivity index is 1.54. The molecule has 148 valence electrons. The summed E-state index contributed by atoms with van der Waals surface area (Å²) in [7, 11) is 1.30. The summed E-state index contributed by atoms with van der Waals surface area (Å²) >= 11 is 1.52. The molecule has 0 saturated heterocycles. The minimum atomic E-state index is -0.487. The number of methoxy groups -OCH3 is 1. The van der Waals surface area contributed by atoms with E-state index >= 15 is 0 Å². The molecular formula is C23H17N3O3S. The number of amides is 1. The summed E-state index contributed by atoms with van der Waals surface area (Å²) in [5.74, 6) is -0.802. The van der Waals surface area contributed by atoms with Crippen molar-refractivity contribution in [3.8, 4) is 22.0 Å². The van der Waals surface area contributed by atoms with Crippen LogP contribution in [0, 0.1) is 0 Å². The standard InChI is InChI=1S/C23H17N3O3S/c1-29-23(28)17-8-4-7-16(12-17)21(27)25-18-9-5-6-15(13-18)20-14-30-22(26-20)19-10-2-3-11-24-19/h2-14H,1H3,(H,25,27). The van der Waals surface area contributed by atoms with Gasteiger partial charge in [0, 0.05) is 28.4 Å². The van der Waals surface area contributed by atoms with Gasteiger partial charge in [-0.2, -0.15) is 0 Å². The highest BCUT2D eigenvalue weighted by Crippen LogP contribution is 2.29. The predicted molar refractivity (Wildman–Crippen MR) is 117 cm³/mol. The van der Waals surface area contributed by atoms with Crippen LogP contribution in [0.2, 0.25) is 0 Å². The molecule has 0 aliphatic heterocycles. The van der Waals surface area contributed by atoms with Gasteiger partial charge in [0.1, 0.15) is 5.01 Å². The SMILES string of the molecule is COC(=O)c1cccc(C(=O)Nc2cccc(-c3csc(-c4ccccn4)n3)c2)c1. The molecule has 6 nitrogen and oxygen atoms in total. The lowest BCUT2D eigenvalue weighted by atomic mass is 10.1. The number of carbonyl (C=O) groups is 2. The molecule has 0 aliphatic carbocycles. The van der Waals surface area contributed by atoms with Crippen molar-refractivity contribution in [2.24, 2.45) is 0 Å². The summed E-state index contributed by atoms with van der Waals surface area (Å²) in [6.07, 6.45) is 1.74. The largest absolute Gasteiger partial charge is 0.465 e. The van der Waals surface area contributed by atoms with Crippen LogP contribution in [-0.2, 0) is 4.74 Å². The van der Waals surface area contributed by atoms with Gasteiger partial charge in [-0.05, 0) is 42.5 Å². The van der Waals surface area contributed by atoms with Gasteiger partial charge in [0.05, 0.1) is 24.1 Å². The number of anilines is 1. The second-order valence-electron chi connectivity index (χ2n) is 6.36. The van der Waals surface area contributed by atoms with E-state index in [1.54, 1.807) is 30.5 Å². The van der Waals surface area contributed by atoms with E-state index < -0.39 is 5.97 Å². The first kappa shape index (κ1) is 19.5. The molecule has 0 bridgehead atoms. The number of benzene rings is 2. The Morgan fingerprint density at radius 1 is 0.933 bits per heavy atom. The molecule has 1 N–H and O–H groups in total. The molecule has 0 spiro atoms. The molecule has 4 aromatic rings. The van der Waals surface area contributed by atoms with Crippen LogP contribution in [0.25, 0.3) is 22.0 Å². The van der Waals surface area contributed by atoms with Crippen LogP contribution >= 0.6 is 11.3 Å². The zero-order valence-corrected chi connectivity index (χ0v) is 16.8. The summed E-state index contributed by atoms with van der Waals surface area (Å²) in [6.45, 7) is 0. The van der Waals surface area contributed by atoms with Crippen molar-refractivity contribution < 1.29 is 14.3 Å². The van der Waals surface area contributed by atoms with Crippen LogP contribution in [0.3, 0.4) is 0 Å². The van der Waals surface area contributed by atoms with Crippen molar-refractivity contribution >= 4 is 28.9 Å². The van der Waals surface area contributed by atoms with Crippen LogP contribution in [0.4, 0.5) is 5.69 Å². The van der Waals surface area contributed by atoms with Gasteiger partial charge in [-0.3, -0.25) is 9.78 Å². The number of hydrogen-bond acceptors (Lipinski definition) is 6. The summed E-state index contributed by atoms with van der Waals surface area (Å²) < 4.78 is 4.71. The molecule has 2 aromatic heterocycles. The quantitative estimate of drug-likeness (QED) is 0.468. The van der Waals surface area contributed by atoms with Gasteiger partial charge in [-0.15, -0.1) is 11.3 Å². The van der Waals surface area contributed by atoms with Crippen molar-refractivity contribution in [3.63, 3.8) is 0 Å². The van der Waals surface area contributed by atoms with Gasteiger partial charge in [-0.25, -0.2) is 9.78 Å². The van der Waals surface area contributed by atoms with Gasteiger partial charge in [0.25, 0.3) is 5.91 Å². The number of thiazole rings is 1. The number of nitrogens with zero attached hydrogens (tertiary/aromatic N) is 2. The fourth-order valence-corrected chi connectivity index (χ4v) is 3.68. The second-order valence-corrected chi connectivity index (χ2v) is 7.22. The third-order valence-corrected chi connectivity index (χ3v) is 5.22. The van der Waals surface area contributed by atoms with E-state index in [0.29, 0.717) is 16.8 Å². The monoisotopic (exact) mass is 415 g/mol. The minimum Gasteiger partial charge on any atom is -0.465 e. The summed E-state index contributed by atoms with van der Waals surface area (Å²) in [6, 6.07) is 19.6. The van der Waals surface area contributed by atoms with E-state index in [1.165, 1.54) is 24.5 Å². The number of aromatic nitrogens is 2. The van der Waals surface area contributed by atoms with Crippen LogP contribution in [0.1, 0.15) is 20.7 Å². The Kier molecular flexibility index (Phi) is 5.63. The summed E-state index contributed by atoms with van der Waals surface area (Å²) in [5.41, 5.74) is 3.84. The number of pyridine rings is 1. The van der Waals surface area contributed by atoms with Gasteiger partial charge < -0.3 is 10.1 Å². The maximum atomic E-state index is 12.6. The first-order chi connectivity index (χ1) is 14.6. The third-order valence-electron chi connectivity index (χ3n) is 4.35. The Hall–Kier alpha value is -3.84. The number of rotatable bonds is 5. The molecule has 0 atom stereocenters. The van der Waals surface area contributed by atoms with Crippen molar-refractivity contribution in [2.75, 3.05) is 12.4 Å². The molecule has 0 aliphatic rings. The highest BCUT2D eigenvalue weighted by molar-refractivity contribution is 7.13. The average molecular weight is 415 g/mol. The van der Waals surface area contributed by atoms with Crippen LogP contribution in [0.15, 0.2) is 78.3 Å². The van der Waals surface area contributed by atoms with E-state index in [9.17, 15) is 9.59 Å². The molecule has 2 aromatic carbocycles. The van der Waals surface area contributed by atoms with Crippen LogP contribution in [-0.4, -0.2) is 29.0 Å². The average Bonchev–Trinajstić information content (AvgIpc) is 3.30. The maximum absolute atomic E-state index is 12.6. The molecular weight excluding hydrogens is 398 g/mol. The van der Waals surface area contributed by atoms with Crippen molar-refractivity contribution in [3.05, 3.63) is 89.4 Å². The first-order valence-corrected chi connectivity index (χ1v) is 9.99. The van der Waals surface area contributed by atoms with E-state index in [4.69, 9.17) is 4.74 Å². The van der Waals surface area contributed by atoms with E-state index in [0.717, 1.165) is 22.0 Å². The Morgan fingerprint density at radius 3 is 2.57 bits per heavy atom. The molecule has 0 unspecified atom stereocenters. The van der Waals surface area contributed by atoms with Gasteiger partial charge >= 0.3 is 5.97 Å². The fraction of sp³-hybridized carbons (Fsp3) is 0.0435. The number of hydrogen-bond donors (Lipinski definition) is 1. The summed E-state index contributed by atoms with van der Waals surface area (Å²) in [4.78, 5) is 33.3. The molecule has 4 rings (SSSR count). The Morgan fingerprint density at radius 2 is 1.77 bits per heavy atom. The third kappa shape index (κ3) is 4.26. The van der Waals surface area contributed by atoms with Crippen molar-refractivity contribution in [1.29, 1.82) is 0 Å². The topological polar surface area (TPSA) is 81.2 Å². The fourth-order valence-electron chi connectivity index (χ4n) is 2.88. The second kappa shape index (κ2) is 8.67. The Labute approximate surface area is 177 Å². The first-order valence-electron chi connectivity index (χ1n) is 9.11. The number of carbonyl (C=O) groups excluding carboxylic acids is 2. The van der Waals surface area contributed by atoms with Crippen LogP contribution < -0.4 is 5.32 Å². The van der Waals surface area contributed by atoms with E-state index in [1.807, 2.05) is 41.8 Å². The highest BCUT2D eigenvalue weighted by Gasteiger charge is 2.12. The minimum absolute atomic E-state index is 0.314. The zero-order chi connectivity index (χ0) is 20.9. The smallest absolute Gasteiger partial charge is 0.337 e. The zero-order valence-electron chi connectivity index (χ0n) is 16.0. The highest BCUT2D eigenvalue weighted by atomic mass is 32.1. The van der Waals surface area contributed by atoms with E-state index in [2.05, 4.69) is 15.3 Å². The molecule has 0 saturated carbocycles. The molecule has 2 heterocycles. The lowest BCUT2D eigenvalue weighted by molar-refractivity contribution is 0.0600. The van der Waals surface area contributed by atoms with Crippen molar-refractivity contribution in [2.45, 2.75) is 0 Å². The van der Waals surface area contributed by atoms with Crippen molar-refractivity contribution in [1.82, 2.24) is 9.97 Å².